The molecule has 4 aromatic heterocycles. The molecule has 0 aliphatic heterocycles. The highest BCUT2D eigenvalue weighted by atomic mass is 32.1. The van der Waals surface area contributed by atoms with Gasteiger partial charge in [-0.1, -0.05) is 48.1 Å². The van der Waals surface area contributed by atoms with Crippen molar-refractivity contribution in [1.82, 2.24) is 10.3 Å². The van der Waals surface area contributed by atoms with Crippen LogP contribution in [0.4, 0.5) is 32.8 Å². The summed E-state index contributed by atoms with van der Waals surface area (Å²) >= 11 is 2.33. The van der Waals surface area contributed by atoms with E-state index in [1.807, 2.05) is 0 Å². The van der Waals surface area contributed by atoms with E-state index in [4.69, 9.17) is 26.2 Å². The maximum atomic E-state index is 12.9. The summed E-state index contributed by atoms with van der Waals surface area (Å²) in [5, 5.41) is 45.6. The molecule has 0 spiro atoms. The van der Waals surface area contributed by atoms with Crippen molar-refractivity contribution in [3.63, 3.8) is 0 Å². The third-order valence-corrected chi connectivity index (χ3v) is 12.2. The summed E-state index contributed by atoms with van der Waals surface area (Å²) in [6.07, 6.45) is 8.75. The fraction of sp³-hybridized carbons (Fsp3) is 0.250. The van der Waals surface area contributed by atoms with Crippen molar-refractivity contribution in [3.8, 4) is 34.7 Å². The lowest BCUT2D eigenvalue weighted by Crippen LogP contribution is -2.14. The molecule has 2 aliphatic rings. The Morgan fingerprint density at radius 2 is 1.10 bits per heavy atom. The number of ketones is 2. The number of nitrogens with one attached hydrogen (secondary N) is 2. The zero-order valence-corrected chi connectivity index (χ0v) is 32.5. The van der Waals surface area contributed by atoms with Gasteiger partial charge in [0.2, 0.25) is 23.1 Å². The lowest BCUT2D eigenvalue weighted by atomic mass is 10.1. The van der Waals surface area contributed by atoms with Crippen molar-refractivity contribution in [1.29, 1.82) is 10.5 Å². The number of carbonyl (C=O) groups excluding carboxylic acids is 2. The van der Waals surface area contributed by atoms with Gasteiger partial charge in [-0.25, -0.2) is 0 Å². The predicted molar refractivity (Wildman–Crippen MR) is 220 cm³/mol. The maximum absolute atomic E-state index is 12.9. The number of carbonyl (C=O) groups is 2. The number of aromatic nitrogens is 2. The van der Waals surface area contributed by atoms with Gasteiger partial charge < -0.3 is 36.9 Å². The molecule has 0 radical (unpaired) electrons. The van der Waals surface area contributed by atoms with Crippen molar-refractivity contribution in [2.45, 2.75) is 63.5 Å². The van der Waals surface area contributed by atoms with Gasteiger partial charge in [-0.05, 0) is 49.9 Å². The molecule has 8 rings (SSSR count). The molecular weight excluding hydrogens is 781 g/mol. The van der Waals surface area contributed by atoms with Crippen LogP contribution in [0.15, 0.2) is 69.7 Å². The molecule has 6 aromatic rings. The lowest BCUT2D eigenvalue weighted by Gasteiger charge is -2.11. The summed E-state index contributed by atoms with van der Waals surface area (Å²) in [6.45, 7) is 0. The molecule has 294 valence electrons. The Labute approximate surface area is 339 Å². The first kappa shape index (κ1) is 39.2. The van der Waals surface area contributed by atoms with E-state index in [9.17, 15) is 30.2 Å². The smallest absolute Gasteiger partial charge is 0.269 e. The number of non-ortho nitro benzene ring substituents is 1. The number of nitriles is 2. The van der Waals surface area contributed by atoms with E-state index in [1.165, 1.54) is 41.7 Å². The zero-order valence-electron chi connectivity index (χ0n) is 30.8. The highest BCUT2D eigenvalue weighted by molar-refractivity contribution is 7.19. The van der Waals surface area contributed by atoms with E-state index in [1.54, 1.807) is 30.3 Å². The van der Waals surface area contributed by atoms with Gasteiger partial charge in [0, 0.05) is 53.2 Å². The van der Waals surface area contributed by atoms with Gasteiger partial charge in [-0.15, -0.1) is 22.7 Å². The van der Waals surface area contributed by atoms with Crippen LogP contribution in [0.5, 0.6) is 0 Å². The van der Waals surface area contributed by atoms with Gasteiger partial charge in [0.1, 0.15) is 54.4 Å². The molecule has 2 aliphatic carbocycles. The van der Waals surface area contributed by atoms with E-state index in [-0.39, 0.29) is 55.7 Å². The van der Waals surface area contributed by atoms with Crippen molar-refractivity contribution in [3.05, 3.63) is 103 Å². The SMILES string of the molecule is N#Cc1c(NC2CCCC2)sc(C(=O)c2cc(-c3ccc(N)cc3)no2)c1N.N#Cc1c(NC2CCCC2)sc(C(=O)c2cc(-c3ccc([N+](=O)[O-])cc3)no2)c1N. The van der Waals surface area contributed by atoms with Gasteiger partial charge in [0.05, 0.1) is 16.3 Å². The number of nitrogen functional groups attached to an aromatic ring is 3. The molecule has 2 saturated carbocycles. The summed E-state index contributed by atoms with van der Waals surface area (Å²) in [5.74, 6) is -0.785. The molecule has 0 amide bonds. The molecular formula is C40H36N10O6S2. The first-order valence-electron chi connectivity index (χ1n) is 18.4. The van der Waals surface area contributed by atoms with Crippen molar-refractivity contribution < 1.29 is 23.6 Å². The number of benzene rings is 2. The second kappa shape index (κ2) is 17.0. The molecule has 0 atom stereocenters. The Hall–Kier alpha value is -7.02. The van der Waals surface area contributed by atoms with Crippen LogP contribution in [0.1, 0.15) is 93.4 Å². The number of hydrogen-bond acceptors (Lipinski definition) is 17. The molecule has 0 bridgehead atoms. The quantitative estimate of drug-likeness (QED) is 0.0355. The molecule has 18 heteroatoms. The Balaban J connectivity index is 0.000000177. The lowest BCUT2D eigenvalue weighted by molar-refractivity contribution is -0.384. The Morgan fingerprint density at radius 3 is 1.48 bits per heavy atom. The number of nitro groups is 1. The fourth-order valence-corrected chi connectivity index (χ4v) is 9.01. The molecule has 2 aromatic carbocycles. The topological polar surface area (TPSA) is 279 Å². The van der Waals surface area contributed by atoms with Crippen molar-refractivity contribution in [2.75, 3.05) is 27.8 Å². The minimum Gasteiger partial charge on any atom is -0.399 e. The van der Waals surface area contributed by atoms with Crippen LogP contribution in [0, 0.1) is 32.8 Å². The third kappa shape index (κ3) is 8.24. The largest absolute Gasteiger partial charge is 0.399 e. The molecule has 4 heterocycles. The van der Waals surface area contributed by atoms with E-state index < -0.39 is 10.7 Å². The van der Waals surface area contributed by atoms with E-state index >= 15 is 0 Å². The minimum absolute atomic E-state index is 0.0202. The standard InChI is InChI=1S/C20H17N5O4S.C20H19N5O2S/c21-10-14-17(22)19(30-20(14)23-12-3-1-2-4-12)18(26)16-9-15(24-29-16)11-5-7-13(8-6-11)25(27)28;21-10-14-17(23)19(28-20(14)24-13-3-1-2-4-13)18(26)16-9-15(25-27-16)11-5-7-12(22)8-6-11/h5-9,12,23H,1-4,22H2;5-9,13,24H,1-4,22-23H2. The second-order valence-electron chi connectivity index (χ2n) is 13.8. The molecule has 8 N–H and O–H groups in total. The summed E-state index contributed by atoms with van der Waals surface area (Å²) in [7, 11) is 0. The third-order valence-electron chi connectivity index (χ3n) is 9.96. The molecule has 58 heavy (non-hydrogen) atoms. The van der Waals surface area contributed by atoms with Crippen LogP contribution in [0.3, 0.4) is 0 Å². The van der Waals surface area contributed by atoms with Crippen LogP contribution in [0.25, 0.3) is 22.5 Å². The first-order chi connectivity index (χ1) is 28.0. The first-order valence-corrected chi connectivity index (χ1v) is 20.0. The number of anilines is 5. The number of thiophene rings is 2. The van der Waals surface area contributed by atoms with Crippen LogP contribution in [0.2, 0.25) is 0 Å². The van der Waals surface area contributed by atoms with Gasteiger partial charge in [-0.3, -0.25) is 19.7 Å². The number of nitrogens with zero attached hydrogens (tertiary/aromatic N) is 5. The van der Waals surface area contributed by atoms with Crippen LogP contribution in [-0.4, -0.2) is 38.9 Å². The van der Waals surface area contributed by atoms with Crippen LogP contribution in [-0.2, 0) is 0 Å². The van der Waals surface area contributed by atoms with Crippen LogP contribution < -0.4 is 27.8 Å². The molecule has 16 nitrogen and oxygen atoms in total. The highest BCUT2D eigenvalue weighted by Gasteiger charge is 2.29. The van der Waals surface area contributed by atoms with E-state index in [0.29, 0.717) is 44.2 Å². The van der Waals surface area contributed by atoms with E-state index in [2.05, 4.69) is 33.1 Å². The van der Waals surface area contributed by atoms with E-state index in [0.717, 1.165) is 68.3 Å². The Morgan fingerprint density at radius 1 is 0.707 bits per heavy atom. The van der Waals surface area contributed by atoms with Gasteiger partial charge >= 0.3 is 0 Å². The van der Waals surface area contributed by atoms with Crippen molar-refractivity contribution >= 4 is 67.0 Å². The van der Waals surface area contributed by atoms with Gasteiger partial charge in [0.15, 0.2) is 0 Å². The number of nitro benzene ring substituents is 1. The number of hydrogen-bond donors (Lipinski definition) is 5. The van der Waals surface area contributed by atoms with Gasteiger partial charge in [-0.2, -0.15) is 10.5 Å². The van der Waals surface area contributed by atoms with Crippen LogP contribution >= 0.6 is 22.7 Å². The monoisotopic (exact) mass is 816 g/mol. The number of rotatable bonds is 11. The molecule has 0 unspecified atom stereocenters. The molecule has 2 fully saturated rings. The average molecular weight is 817 g/mol. The maximum Gasteiger partial charge on any atom is 0.269 e. The summed E-state index contributed by atoms with van der Waals surface area (Å²) < 4.78 is 10.5. The number of nitrogens with two attached hydrogens (primary N) is 3. The summed E-state index contributed by atoms with van der Waals surface area (Å²) in [6, 6.07) is 20.7. The average Bonchev–Trinajstić information content (AvgIpc) is 4.09. The Bertz CT molecular complexity index is 2560. The highest BCUT2D eigenvalue weighted by Crippen LogP contribution is 2.40. The zero-order chi connectivity index (χ0) is 40.9. The van der Waals surface area contributed by atoms with Gasteiger partial charge in [0.25, 0.3) is 5.69 Å². The second-order valence-corrected chi connectivity index (χ2v) is 15.9. The Kier molecular flexibility index (Phi) is 11.5. The minimum atomic E-state index is -0.495. The van der Waals surface area contributed by atoms with Crippen molar-refractivity contribution in [2.24, 2.45) is 0 Å². The fourth-order valence-electron chi connectivity index (χ4n) is 6.83. The summed E-state index contributed by atoms with van der Waals surface area (Å²) in [4.78, 5) is 36.7. The predicted octanol–water partition coefficient (Wildman–Crippen LogP) is 8.38. The molecule has 0 saturated heterocycles. The normalized spacial score (nSPS) is 14.0. The summed E-state index contributed by atoms with van der Waals surface area (Å²) in [5.41, 5.74) is 21.7.